The van der Waals surface area contributed by atoms with Crippen molar-refractivity contribution in [2.75, 3.05) is 9.80 Å². The Morgan fingerprint density at radius 2 is 1.54 bits per heavy atom. The number of rotatable bonds is 5. The first-order valence-corrected chi connectivity index (χ1v) is 17.6. The number of imide groups is 2. The van der Waals surface area contributed by atoms with Crippen molar-refractivity contribution in [3.8, 4) is 11.5 Å². The van der Waals surface area contributed by atoms with Crippen LogP contribution in [0.15, 0.2) is 113 Å². The number of phenols is 1. The predicted octanol–water partition coefficient (Wildman–Crippen LogP) is 8.07. The zero-order valence-electron chi connectivity index (χ0n) is 26.9. The molecule has 2 aliphatic carbocycles. The molecule has 0 radical (unpaired) electrons. The molecule has 8 rings (SSSR count). The van der Waals surface area contributed by atoms with Gasteiger partial charge in [-0.2, -0.15) is 0 Å². The fraction of sp³-hybridized carbons (Fsp3) is 0.231. The molecule has 0 aromatic heterocycles. The van der Waals surface area contributed by atoms with E-state index in [1.165, 1.54) is 6.07 Å². The second-order valence-electron chi connectivity index (χ2n) is 13.4. The maximum atomic E-state index is 15.3. The van der Waals surface area contributed by atoms with Crippen LogP contribution in [-0.4, -0.2) is 35.1 Å². The molecule has 2 saturated heterocycles. The van der Waals surface area contributed by atoms with E-state index >= 15 is 4.79 Å². The smallest absolute Gasteiger partial charge is 0.508 e. The number of benzene rings is 4. The Hall–Kier alpha value is -4.94. The van der Waals surface area contributed by atoms with Gasteiger partial charge in [-0.1, -0.05) is 75.6 Å². The summed E-state index contributed by atoms with van der Waals surface area (Å²) in [5, 5.41) is 11.8. The Balaban J connectivity index is 1.37. The molecular weight excluding hydrogens is 765 g/mol. The fourth-order valence-electron chi connectivity index (χ4n) is 8.89. The molecule has 0 spiro atoms. The number of phenolic OH excluding ortho intramolecular Hbond substituents is 1. The summed E-state index contributed by atoms with van der Waals surface area (Å²) >= 11 is 9.70. The number of fused-ring (bicyclic) bond motifs is 4. The minimum Gasteiger partial charge on any atom is -0.508 e. The van der Waals surface area contributed by atoms with Crippen LogP contribution in [0.25, 0.3) is 0 Å². The maximum absolute atomic E-state index is 15.3. The van der Waals surface area contributed by atoms with Gasteiger partial charge in [-0.25, -0.2) is 4.90 Å². The number of halogens is 5. The number of aromatic hydroxyl groups is 1. The van der Waals surface area contributed by atoms with E-state index < -0.39 is 76.5 Å². The summed E-state index contributed by atoms with van der Waals surface area (Å²) in [4.78, 5) is 60.7. The van der Waals surface area contributed by atoms with Crippen LogP contribution in [0, 0.1) is 23.7 Å². The van der Waals surface area contributed by atoms with Gasteiger partial charge in [-0.15, -0.1) is 13.2 Å². The molecular formula is C39H27BrClF3N2O6. The van der Waals surface area contributed by atoms with E-state index in [-0.39, 0.29) is 29.1 Å². The lowest BCUT2D eigenvalue weighted by Crippen LogP contribution is -2.53. The first kappa shape index (κ1) is 34.2. The summed E-state index contributed by atoms with van der Waals surface area (Å²) < 4.78 is 45.7. The van der Waals surface area contributed by atoms with Crippen molar-refractivity contribution in [3.63, 3.8) is 0 Å². The number of nitrogens with zero attached hydrogens (tertiary/aromatic N) is 2. The highest BCUT2D eigenvalue weighted by Crippen LogP contribution is 2.65. The summed E-state index contributed by atoms with van der Waals surface area (Å²) in [6.07, 6.45) is -3.27. The molecule has 264 valence electrons. The Bertz CT molecular complexity index is 2200. The zero-order chi connectivity index (χ0) is 36.7. The van der Waals surface area contributed by atoms with Crippen LogP contribution < -0.4 is 14.5 Å². The second kappa shape index (κ2) is 12.3. The van der Waals surface area contributed by atoms with Gasteiger partial charge in [0.1, 0.15) is 11.5 Å². The van der Waals surface area contributed by atoms with Crippen LogP contribution in [0.5, 0.6) is 11.5 Å². The van der Waals surface area contributed by atoms with Gasteiger partial charge in [0.25, 0.3) is 0 Å². The van der Waals surface area contributed by atoms with Crippen molar-refractivity contribution in [2.24, 2.45) is 23.7 Å². The summed E-state index contributed by atoms with van der Waals surface area (Å²) in [5.41, 5.74) is -0.487. The number of carbonyl (C=O) groups is 4. The minimum atomic E-state index is -5.07. The molecule has 4 aromatic rings. The van der Waals surface area contributed by atoms with Crippen molar-refractivity contribution >= 4 is 62.5 Å². The topological polar surface area (TPSA) is 104 Å². The second-order valence-corrected chi connectivity index (χ2v) is 14.7. The average molecular weight is 792 g/mol. The summed E-state index contributed by atoms with van der Waals surface area (Å²) in [6, 6.07) is 24.4. The Morgan fingerprint density at radius 1 is 0.808 bits per heavy atom. The van der Waals surface area contributed by atoms with E-state index in [1.54, 1.807) is 78.9 Å². The molecule has 6 unspecified atom stereocenters. The van der Waals surface area contributed by atoms with Gasteiger partial charge in [0.2, 0.25) is 23.6 Å². The van der Waals surface area contributed by atoms with Crippen LogP contribution in [0.4, 0.5) is 24.5 Å². The van der Waals surface area contributed by atoms with Crippen LogP contribution in [0.3, 0.4) is 0 Å². The van der Waals surface area contributed by atoms with Crippen LogP contribution in [0.1, 0.15) is 29.9 Å². The molecule has 52 heavy (non-hydrogen) atoms. The molecule has 4 aromatic carbocycles. The molecule has 6 atom stereocenters. The molecule has 4 aliphatic rings. The summed E-state index contributed by atoms with van der Waals surface area (Å²) in [6.45, 7) is 0. The number of alkyl halides is 3. The minimum absolute atomic E-state index is 0.0350. The number of hydrogen-bond acceptors (Lipinski definition) is 6. The van der Waals surface area contributed by atoms with E-state index in [0.29, 0.717) is 16.8 Å². The first-order valence-electron chi connectivity index (χ1n) is 16.4. The third kappa shape index (κ3) is 5.17. The van der Waals surface area contributed by atoms with Gasteiger partial charge in [0, 0.05) is 21.0 Å². The lowest BCUT2D eigenvalue weighted by atomic mass is 9.49. The standard InChI is InChI=1S/C39H27BrClF3N2O6/c40-21-9-11-23(12-10-21)45-34(48)27-15-14-26-28(32(27)36(45)50)19-30-35(49)46(24-8-4-7-22(41)17-24)37(51)38(30,20-5-2-1-3-6-20)33(26)29-18-25(13-16-31(29)47)52-39(42,43)44/h1-14,16-18,27-28,30,32-33,47H,15,19H2. The number of carbonyl (C=O) groups excluding carboxylic acids is 4. The third-order valence-corrected chi connectivity index (χ3v) is 11.6. The molecule has 1 N–H and O–H groups in total. The highest BCUT2D eigenvalue weighted by atomic mass is 79.9. The van der Waals surface area contributed by atoms with Crippen LogP contribution >= 0.6 is 27.5 Å². The number of hydrogen-bond donors (Lipinski definition) is 1. The van der Waals surface area contributed by atoms with Gasteiger partial charge >= 0.3 is 6.36 Å². The summed E-state index contributed by atoms with van der Waals surface area (Å²) in [5.74, 6) is -8.25. The van der Waals surface area contributed by atoms with Gasteiger partial charge in [-0.3, -0.25) is 24.1 Å². The van der Waals surface area contributed by atoms with Crippen molar-refractivity contribution in [3.05, 3.63) is 129 Å². The van der Waals surface area contributed by atoms with E-state index in [4.69, 9.17) is 11.6 Å². The van der Waals surface area contributed by atoms with E-state index in [2.05, 4.69) is 20.7 Å². The van der Waals surface area contributed by atoms with Gasteiger partial charge in [-0.05, 0) is 85.0 Å². The lowest BCUT2D eigenvalue weighted by Gasteiger charge is -2.50. The van der Waals surface area contributed by atoms with Crippen molar-refractivity contribution in [1.82, 2.24) is 0 Å². The van der Waals surface area contributed by atoms with Crippen molar-refractivity contribution in [1.29, 1.82) is 0 Å². The third-order valence-electron chi connectivity index (χ3n) is 10.8. The van der Waals surface area contributed by atoms with Gasteiger partial charge in [0.05, 0.1) is 34.5 Å². The quantitative estimate of drug-likeness (QED) is 0.162. The van der Waals surface area contributed by atoms with Gasteiger partial charge in [0.15, 0.2) is 0 Å². The number of ether oxygens (including phenoxy) is 1. The highest BCUT2D eigenvalue weighted by molar-refractivity contribution is 9.10. The molecule has 0 bridgehead atoms. The molecule has 2 aliphatic heterocycles. The lowest BCUT2D eigenvalue weighted by molar-refractivity contribution is -0.274. The van der Waals surface area contributed by atoms with Gasteiger partial charge < -0.3 is 9.84 Å². The molecule has 1 saturated carbocycles. The molecule has 13 heteroatoms. The Labute approximate surface area is 308 Å². The predicted molar refractivity (Wildman–Crippen MR) is 188 cm³/mol. The number of amides is 4. The first-order chi connectivity index (χ1) is 24.8. The van der Waals surface area contributed by atoms with E-state index in [9.17, 15) is 32.7 Å². The average Bonchev–Trinajstić information content (AvgIpc) is 3.50. The largest absolute Gasteiger partial charge is 0.573 e. The van der Waals surface area contributed by atoms with Crippen LogP contribution in [-0.2, 0) is 24.6 Å². The Kier molecular flexibility index (Phi) is 8.11. The molecule has 2 heterocycles. The van der Waals surface area contributed by atoms with E-state index in [0.717, 1.165) is 32.5 Å². The molecule has 4 amide bonds. The number of anilines is 2. The Morgan fingerprint density at radius 3 is 2.23 bits per heavy atom. The van der Waals surface area contributed by atoms with Crippen LogP contribution in [0.2, 0.25) is 5.02 Å². The zero-order valence-corrected chi connectivity index (χ0v) is 29.2. The monoisotopic (exact) mass is 790 g/mol. The highest BCUT2D eigenvalue weighted by Gasteiger charge is 2.70. The SMILES string of the molecule is O=C1C2CC=C3C(CC4C(=O)N(c5cccc(Cl)c5)C(=O)C4(c4ccccc4)C3c3cc(OC(F)(F)F)ccc3O)C2C(=O)N1c1ccc(Br)cc1. The fourth-order valence-corrected chi connectivity index (χ4v) is 9.34. The normalized spacial score (nSPS) is 26.9. The molecule has 3 fully saturated rings. The summed E-state index contributed by atoms with van der Waals surface area (Å²) in [7, 11) is 0. The maximum Gasteiger partial charge on any atom is 0.573 e. The van der Waals surface area contributed by atoms with Crippen molar-refractivity contribution in [2.45, 2.75) is 30.5 Å². The molecule has 8 nitrogen and oxygen atoms in total. The van der Waals surface area contributed by atoms with Crippen molar-refractivity contribution < 1.29 is 42.2 Å². The van der Waals surface area contributed by atoms with E-state index in [1.807, 2.05) is 0 Å². The number of allylic oxidation sites excluding steroid dienone is 2.